The van der Waals surface area contributed by atoms with Crippen molar-refractivity contribution in [2.45, 2.75) is 58.0 Å². The third-order valence-corrected chi connectivity index (χ3v) is 5.47. The third kappa shape index (κ3) is 3.66. The van der Waals surface area contributed by atoms with Crippen molar-refractivity contribution in [3.8, 4) is 0 Å². The molecule has 0 bridgehead atoms. The molecule has 5 nitrogen and oxygen atoms in total. The van der Waals surface area contributed by atoms with Gasteiger partial charge in [0.05, 0.1) is 11.4 Å². The molecule has 1 saturated heterocycles. The van der Waals surface area contributed by atoms with Crippen molar-refractivity contribution in [2.24, 2.45) is 4.99 Å². The number of carbonyl (C=O) groups is 1. The van der Waals surface area contributed by atoms with E-state index in [9.17, 15) is 9.18 Å². The molecule has 27 heavy (non-hydrogen) atoms. The number of amides is 1. The summed E-state index contributed by atoms with van der Waals surface area (Å²) in [6.07, 6.45) is 8.47. The predicted octanol–water partition coefficient (Wildman–Crippen LogP) is 3.99. The van der Waals surface area contributed by atoms with Crippen LogP contribution in [0.5, 0.6) is 0 Å². The predicted molar refractivity (Wildman–Crippen MR) is 105 cm³/mol. The van der Waals surface area contributed by atoms with E-state index in [1.807, 2.05) is 19.9 Å². The van der Waals surface area contributed by atoms with Crippen LogP contribution in [0.1, 0.15) is 51.5 Å². The van der Waals surface area contributed by atoms with E-state index in [2.05, 4.69) is 16.5 Å². The number of hydrogen-bond acceptors (Lipinski definition) is 3. The zero-order valence-electron chi connectivity index (χ0n) is 16.3. The molecule has 1 aliphatic heterocycles. The monoisotopic (exact) mass is 370 g/mol. The summed E-state index contributed by atoms with van der Waals surface area (Å²) in [5, 5.41) is 0. The number of amidine groups is 1. The fraction of sp³-hybridized carbons (Fsp3) is 0.476. The van der Waals surface area contributed by atoms with Gasteiger partial charge in [0, 0.05) is 30.9 Å². The number of piperazine rings is 1. The Kier molecular flexibility index (Phi) is 5.73. The van der Waals surface area contributed by atoms with Gasteiger partial charge in [-0.15, -0.1) is 0 Å². The molecular formula is C21H27FN4O. The molecule has 2 heterocycles. The highest BCUT2D eigenvalue weighted by atomic mass is 19.1. The van der Waals surface area contributed by atoms with Gasteiger partial charge in [-0.3, -0.25) is 4.79 Å². The van der Waals surface area contributed by atoms with E-state index in [-0.39, 0.29) is 11.9 Å². The topological polar surface area (TPSA) is 48.8 Å². The zero-order chi connectivity index (χ0) is 19.6. The van der Waals surface area contributed by atoms with Crippen molar-refractivity contribution in [3.63, 3.8) is 0 Å². The number of likely N-dealkylation sites (N-methyl/N-ethyl adjacent to an activating group) is 1. The number of carbonyl (C=O) groups excluding carboxylic acids is 1. The number of halogens is 1. The van der Waals surface area contributed by atoms with E-state index in [0.717, 1.165) is 37.2 Å². The van der Waals surface area contributed by atoms with Crippen LogP contribution in [-0.4, -0.2) is 45.7 Å². The van der Waals surface area contributed by atoms with Crippen LogP contribution in [-0.2, 0) is 4.79 Å². The average Bonchev–Trinajstić information content (AvgIpc) is 3.18. The lowest BCUT2D eigenvalue weighted by atomic mass is 10.0. The standard InChI is InChI=1S/C21H27FN4O/c1-5-17-20(24-14(3)15-11-12-23-19(22)13-15)26(16-9-7-8-10-16)18(6-2)21(27)25(17)4/h5,11-13,16,18H,3,6-10H2,1-2,4H3. The molecule has 3 rings (SSSR count). The van der Waals surface area contributed by atoms with Crippen molar-refractivity contribution in [1.29, 1.82) is 0 Å². The van der Waals surface area contributed by atoms with Gasteiger partial charge in [-0.2, -0.15) is 4.39 Å². The quantitative estimate of drug-likeness (QED) is 0.753. The van der Waals surface area contributed by atoms with E-state index < -0.39 is 5.95 Å². The molecule has 144 valence electrons. The second-order valence-electron chi connectivity index (χ2n) is 7.09. The maximum absolute atomic E-state index is 13.5. The number of aliphatic imine (C=N–C) groups is 1. The Morgan fingerprint density at radius 1 is 1.44 bits per heavy atom. The van der Waals surface area contributed by atoms with Gasteiger partial charge in [-0.05, 0) is 32.3 Å². The van der Waals surface area contributed by atoms with E-state index in [1.54, 1.807) is 18.0 Å². The van der Waals surface area contributed by atoms with Crippen molar-refractivity contribution < 1.29 is 9.18 Å². The molecular weight excluding hydrogens is 343 g/mol. The molecule has 6 heteroatoms. The van der Waals surface area contributed by atoms with Crippen molar-refractivity contribution in [3.05, 3.63) is 48.2 Å². The van der Waals surface area contributed by atoms with E-state index in [4.69, 9.17) is 4.99 Å². The summed E-state index contributed by atoms with van der Waals surface area (Å²) in [7, 11) is 1.79. The Hall–Kier alpha value is -2.50. The minimum absolute atomic E-state index is 0.0945. The second-order valence-corrected chi connectivity index (χ2v) is 7.09. The van der Waals surface area contributed by atoms with Crippen molar-refractivity contribution in [2.75, 3.05) is 7.05 Å². The second kappa shape index (κ2) is 8.03. The minimum atomic E-state index is -0.560. The first-order valence-corrected chi connectivity index (χ1v) is 9.60. The van der Waals surface area contributed by atoms with Crippen LogP contribution in [0.25, 0.3) is 5.70 Å². The van der Waals surface area contributed by atoms with Gasteiger partial charge >= 0.3 is 0 Å². The maximum atomic E-state index is 13.5. The van der Waals surface area contributed by atoms with Gasteiger partial charge in [0.15, 0.2) is 5.84 Å². The Bertz CT molecular complexity index is 795. The first-order valence-electron chi connectivity index (χ1n) is 9.60. The molecule has 1 amide bonds. The highest BCUT2D eigenvalue weighted by molar-refractivity contribution is 6.09. The molecule has 2 aliphatic rings. The molecule has 1 atom stereocenters. The lowest BCUT2D eigenvalue weighted by Crippen LogP contribution is -2.60. The zero-order valence-corrected chi connectivity index (χ0v) is 16.3. The van der Waals surface area contributed by atoms with Crippen LogP contribution in [0.3, 0.4) is 0 Å². The average molecular weight is 370 g/mol. The van der Waals surface area contributed by atoms with Gasteiger partial charge in [-0.25, -0.2) is 9.98 Å². The van der Waals surface area contributed by atoms with Crippen LogP contribution >= 0.6 is 0 Å². The third-order valence-electron chi connectivity index (χ3n) is 5.47. The molecule has 2 fully saturated rings. The summed E-state index contributed by atoms with van der Waals surface area (Å²) < 4.78 is 13.5. The van der Waals surface area contributed by atoms with E-state index >= 15 is 0 Å². The highest BCUT2D eigenvalue weighted by Crippen LogP contribution is 2.33. The number of hydrogen-bond donors (Lipinski definition) is 0. The minimum Gasteiger partial charge on any atom is -0.340 e. The maximum Gasteiger partial charge on any atom is 0.249 e. The molecule has 0 radical (unpaired) electrons. The summed E-state index contributed by atoms with van der Waals surface area (Å²) in [5.41, 5.74) is 1.82. The lowest BCUT2D eigenvalue weighted by Gasteiger charge is -2.45. The number of rotatable bonds is 4. The normalized spacial score (nSPS) is 24.3. The van der Waals surface area contributed by atoms with Crippen LogP contribution < -0.4 is 0 Å². The summed E-state index contributed by atoms with van der Waals surface area (Å²) in [4.78, 5) is 25.2. The van der Waals surface area contributed by atoms with Crippen LogP contribution in [0.15, 0.2) is 41.7 Å². The van der Waals surface area contributed by atoms with Crippen molar-refractivity contribution in [1.82, 2.24) is 14.8 Å². The van der Waals surface area contributed by atoms with Gasteiger partial charge in [0.2, 0.25) is 11.9 Å². The molecule has 1 aliphatic carbocycles. The molecule has 0 aromatic carbocycles. The first-order chi connectivity index (χ1) is 13.0. The molecule has 0 spiro atoms. The fourth-order valence-electron chi connectivity index (χ4n) is 4.08. The van der Waals surface area contributed by atoms with E-state index in [1.165, 1.54) is 12.3 Å². The molecule has 0 N–H and O–H groups in total. The SMILES string of the molecule is C=C(N=C1C(=CC)N(C)C(=O)C(CC)N1C1CCCC1)c1ccnc(F)c1. The number of pyridine rings is 1. The van der Waals surface area contributed by atoms with Gasteiger partial charge < -0.3 is 9.80 Å². The first kappa shape index (κ1) is 19.3. The summed E-state index contributed by atoms with van der Waals surface area (Å²) in [6.45, 7) is 7.98. The number of allylic oxidation sites excluding steroid dienone is 1. The summed E-state index contributed by atoms with van der Waals surface area (Å²) >= 11 is 0. The number of nitrogens with zero attached hydrogens (tertiary/aromatic N) is 4. The highest BCUT2D eigenvalue weighted by Gasteiger charge is 2.42. The fourth-order valence-corrected chi connectivity index (χ4v) is 4.08. The Morgan fingerprint density at radius 2 is 2.15 bits per heavy atom. The van der Waals surface area contributed by atoms with Crippen LogP contribution in [0.4, 0.5) is 4.39 Å². The molecule has 1 aromatic heterocycles. The Balaban J connectivity index is 2.08. The molecule has 1 aromatic rings. The van der Waals surface area contributed by atoms with Gasteiger partial charge in [-0.1, -0.05) is 32.4 Å². The Labute approximate surface area is 160 Å². The lowest BCUT2D eigenvalue weighted by molar-refractivity contribution is -0.134. The number of aromatic nitrogens is 1. The van der Waals surface area contributed by atoms with Gasteiger partial charge in [0.25, 0.3) is 0 Å². The van der Waals surface area contributed by atoms with Crippen LogP contribution in [0, 0.1) is 5.95 Å². The summed E-state index contributed by atoms with van der Waals surface area (Å²) in [6, 6.07) is 3.09. The van der Waals surface area contributed by atoms with Crippen LogP contribution in [0.2, 0.25) is 0 Å². The van der Waals surface area contributed by atoms with Crippen molar-refractivity contribution >= 4 is 17.4 Å². The molecule has 1 saturated carbocycles. The molecule has 1 unspecified atom stereocenters. The Morgan fingerprint density at radius 3 is 2.74 bits per heavy atom. The largest absolute Gasteiger partial charge is 0.340 e. The van der Waals surface area contributed by atoms with E-state index in [0.29, 0.717) is 23.7 Å². The van der Waals surface area contributed by atoms with Gasteiger partial charge in [0.1, 0.15) is 6.04 Å². The smallest absolute Gasteiger partial charge is 0.249 e. The summed E-state index contributed by atoms with van der Waals surface area (Å²) in [5.74, 6) is 0.285.